The number of anilines is 1. The maximum absolute atomic E-state index is 13.0. The molecule has 2 rings (SSSR count). The van der Waals surface area contributed by atoms with Crippen LogP contribution in [0.15, 0.2) is 41.5 Å². The minimum absolute atomic E-state index is 0.248. The quantitative estimate of drug-likeness (QED) is 0.538. The van der Waals surface area contributed by atoms with Crippen molar-refractivity contribution in [3.8, 4) is 11.3 Å². The minimum Gasteiger partial charge on any atom is -0.363 e. The molecule has 7 heteroatoms. The van der Waals surface area contributed by atoms with Crippen LogP contribution in [0.5, 0.6) is 0 Å². The lowest BCUT2D eigenvalue weighted by Gasteiger charge is -2.16. The van der Waals surface area contributed by atoms with Crippen molar-refractivity contribution in [3.05, 3.63) is 47.5 Å². The van der Waals surface area contributed by atoms with Crippen LogP contribution in [0.2, 0.25) is 0 Å². The normalized spacial score (nSPS) is 11.9. The highest BCUT2D eigenvalue weighted by atomic mass is 19.4. The summed E-state index contributed by atoms with van der Waals surface area (Å²) in [6.07, 6.45) is -2.97. The van der Waals surface area contributed by atoms with Crippen LogP contribution in [0.3, 0.4) is 0 Å². The fourth-order valence-corrected chi connectivity index (χ4v) is 1.88. The maximum atomic E-state index is 13.0. The highest BCUT2D eigenvalue weighted by Crippen LogP contribution is 2.33. The van der Waals surface area contributed by atoms with Crippen molar-refractivity contribution in [2.24, 2.45) is 10.9 Å². The first-order chi connectivity index (χ1) is 10.3. The second-order valence-corrected chi connectivity index (χ2v) is 4.89. The molecule has 0 saturated heterocycles. The molecule has 1 aromatic heterocycles. The van der Waals surface area contributed by atoms with Crippen molar-refractivity contribution >= 4 is 12.0 Å². The van der Waals surface area contributed by atoms with E-state index in [2.05, 4.69) is 10.1 Å². The van der Waals surface area contributed by atoms with Gasteiger partial charge in [-0.3, -0.25) is 0 Å². The summed E-state index contributed by atoms with van der Waals surface area (Å²) in [6, 6.07) is 8.85. The first-order valence-electron chi connectivity index (χ1n) is 6.41. The number of nitrogens with zero attached hydrogens (tertiary/aromatic N) is 3. The van der Waals surface area contributed by atoms with Crippen molar-refractivity contribution in [1.29, 1.82) is 0 Å². The lowest BCUT2D eigenvalue weighted by Crippen LogP contribution is -2.14. The lowest BCUT2D eigenvalue weighted by molar-refractivity contribution is -0.137. The van der Waals surface area contributed by atoms with Gasteiger partial charge in [-0.15, -0.1) is 0 Å². The molecule has 0 aliphatic heterocycles. The summed E-state index contributed by atoms with van der Waals surface area (Å²) < 4.78 is 39.0. The molecule has 0 atom stereocenters. The predicted molar refractivity (Wildman–Crippen MR) is 80.8 cm³/mol. The Hall–Kier alpha value is -2.57. The number of pyridine rings is 1. The summed E-state index contributed by atoms with van der Waals surface area (Å²) in [5.41, 5.74) is 0.873. The maximum Gasteiger partial charge on any atom is 0.416 e. The number of hydrogen-bond acceptors (Lipinski definition) is 4. The number of benzene rings is 1. The molecule has 0 radical (unpaired) electrons. The highest BCUT2D eigenvalue weighted by Gasteiger charge is 2.32. The average Bonchev–Trinajstić information content (AvgIpc) is 2.47. The van der Waals surface area contributed by atoms with Crippen LogP contribution >= 0.6 is 0 Å². The first-order valence-corrected chi connectivity index (χ1v) is 6.41. The number of alkyl halides is 3. The molecule has 2 aromatic rings. The molecule has 116 valence electrons. The van der Waals surface area contributed by atoms with Gasteiger partial charge in [0.2, 0.25) is 0 Å². The van der Waals surface area contributed by atoms with E-state index in [-0.39, 0.29) is 11.5 Å². The number of aromatic nitrogens is 1. The summed E-state index contributed by atoms with van der Waals surface area (Å²) >= 11 is 0. The third-order valence-electron chi connectivity index (χ3n) is 3.03. The molecule has 1 aromatic carbocycles. The van der Waals surface area contributed by atoms with E-state index in [1.807, 2.05) is 0 Å². The van der Waals surface area contributed by atoms with Gasteiger partial charge in [0.1, 0.15) is 5.82 Å². The van der Waals surface area contributed by atoms with Gasteiger partial charge in [-0.2, -0.15) is 18.3 Å². The van der Waals surface area contributed by atoms with Gasteiger partial charge >= 0.3 is 6.18 Å². The minimum atomic E-state index is -4.42. The van der Waals surface area contributed by atoms with Gasteiger partial charge in [-0.05, 0) is 17.7 Å². The third-order valence-corrected chi connectivity index (χ3v) is 3.03. The van der Waals surface area contributed by atoms with Crippen molar-refractivity contribution in [2.75, 3.05) is 19.0 Å². The van der Waals surface area contributed by atoms with E-state index in [4.69, 9.17) is 5.84 Å². The van der Waals surface area contributed by atoms with Crippen LogP contribution in [0.25, 0.3) is 11.3 Å². The van der Waals surface area contributed by atoms with Gasteiger partial charge in [0.25, 0.3) is 0 Å². The molecule has 0 bridgehead atoms. The molecule has 0 saturated carbocycles. The number of hydrazone groups is 1. The van der Waals surface area contributed by atoms with Crippen LogP contribution in [0, 0.1) is 0 Å². The largest absolute Gasteiger partial charge is 0.416 e. The zero-order chi connectivity index (χ0) is 16.3. The Morgan fingerprint density at radius 2 is 1.77 bits per heavy atom. The van der Waals surface area contributed by atoms with Gasteiger partial charge in [0, 0.05) is 19.7 Å². The van der Waals surface area contributed by atoms with E-state index in [0.29, 0.717) is 5.56 Å². The van der Waals surface area contributed by atoms with Gasteiger partial charge in [0.15, 0.2) is 0 Å². The van der Waals surface area contributed by atoms with Gasteiger partial charge in [0.05, 0.1) is 17.5 Å². The van der Waals surface area contributed by atoms with E-state index < -0.39 is 11.7 Å². The van der Waals surface area contributed by atoms with Gasteiger partial charge < -0.3 is 10.7 Å². The van der Waals surface area contributed by atoms with Crippen molar-refractivity contribution in [1.82, 2.24) is 4.98 Å². The van der Waals surface area contributed by atoms with E-state index in [1.54, 1.807) is 38.4 Å². The summed E-state index contributed by atoms with van der Waals surface area (Å²) in [5, 5.41) is 3.40. The van der Waals surface area contributed by atoms with Crippen LogP contribution in [0.4, 0.5) is 19.0 Å². The van der Waals surface area contributed by atoms with Crippen LogP contribution in [0.1, 0.15) is 11.1 Å². The molecule has 0 amide bonds. The smallest absolute Gasteiger partial charge is 0.363 e. The molecular formula is C15H15F3N4. The van der Waals surface area contributed by atoms with E-state index >= 15 is 0 Å². The number of hydrogen-bond donors (Lipinski definition) is 1. The molecule has 2 N–H and O–H groups in total. The summed E-state index contributed by atoms with van der Waals surface area (Å²) in [6.45, 7) is 0. The topological polar surface area (TPSA) is 54.5 Å². The summed E-state index contributed by atoms with van der Waals surface area (Å²) in [5.74, 6) is 5.30. The molecule has 0 fully saturated rings. The van der Waals surface area contributed by atoms with E-state index in [1.165, 1.54) is 11.1 Å². The van der Waals surface area contributed by atoms with Crippen LogP contribution < -0.4 is 10.7 Å². The first kappa shape index (κ1) is 15.8. The van der Waals surface area contributed by atoms with E-state index in [9.17, 15) is 13.2 Å². The van der Waals surface area contributed by atoms with E-state index in [0.717, 1.165) is 17.7 Å². The van der Waals surface area contributed by atoms with Crippen molar-refractivity contribution in [2.45, 2.75) is 6.18 Å². The Balaban J connectivity index is 2.51. The Morgan fingerprint density at radius 1 is 1.14 bits per heavy atom. The van der Waals surface area contributed by atoms with Gasteiger partial charge in [-0.1, -0.05) is 24.3 Å². The highest BCUT2D eigenvalue weighted by molar-refractivity contribution is 5.80. The fraction of sp³-hybridized carbons (Fsp3) is 0.200. The van der Waals surface area contributed by atoms with Crippen molar-refractivity contribution < 1.29 is 13.2 Å². The molecular weight excluding hydrogens is 293 g/mol. The number of rotatable bonds is 3. The molecule has 22 heavy (non-hydrogen) atoms. The molecule has 0 aliphatic rings. The van der Waals surface area contributed by atoms with Crippen LogP contribution in [-0.4, -0.2) is 25.3 Å². The Kier molecular flexibility index (Phi) is 4.35. The Morgan fingerprint density at radius 3 is 2.27 bits per heavy atom. The second kappa shape index (κ2) is 6.05. The molecule has 4 nitrogen and oxygen atoms in total. The van der Waals surface area contributed by atoms with Gasteiger partial charge in [-0.25, -0.2) is 4.98 Å². The molecule has 0 unspecified atom stereocenters. The SMILES string of the molecule is CN(C)c1cc(C(F)(F)F)cc(-c2ccc(C=NN)cc2)n1. The summed E-state index contributed by atoms with van der Waals surface area (Å²) in [4.78, 5) is 5.80. The van der Waals surface area contributed by atoms with Crippen molar-refractivity contribution in [3.63, 3.8) is 0 Å². The molecule has 1 heterocycles. The average molecular weight is 308 g/mol. The number of nitrogens with two attached hydrogens (primary N) is 1. The number of halogens is 3. The monoisotopic (exact) mass is 308 g/mol. The lowest BCUT2D eigenvalue weighted by atomic mass is 10.1. The molecule has 0 aliphatic carbocycles. The zero-order valence-corrected chi connectivity index (χ0v) is 12.1. The fourth-order valence-electron chi connectivity index (χ4n) is 1.88. The Bertz CT molecular complexity index is 676. The molecule has 0 spiro atoms. The standard InChI is InChI=1S/C15H15F3N4/c1-22(2)14-8-12(15(16,17)18)7-13(21-14)11-5-3-10(4-6-11)9-20-19/h3-9H,19H2,1-2H3. The Labute approximate surface area is 126 Å². The summed E-state index contributed by atoms with van der Waals surface area (Å²) in [7, 11) is 3.29. The zero-order valence-electron chi connectivity index (χ0n) is 12.1. The predicted octanol–water partition coefficient (Wildman–Crippen LogP) is 3.13. The second-order valence-electron chi connectivity index (χ2n) is 4.89. The van der Waals surface area contributed by atoms with Crippen LogP contribution in [-0.2, 0) is 6.18 Å². The third kappa shape index (κ3) is 3.55.